The zero-order valence-corrected chi connectivity index (χ0v) is 21.0. The number of hydrogen-bond donors (Lipinski definition) is 1. The molecule has 33 heavy (non-hydrogen) atoms. The largest absolute Gasteiger partial charge is 0.391 e. The maximum Gasteiger partial charge on any atom is 0.179 e. The quantitative estimate of drug-likeness (QED) is 0.478. The van der Waals surface area contributed by atoms with Crippen molar-refractivity contribution in [3.05, 3.63) is 67.3 Å². The minimum Gasteiger partial charge on any atom is -0.391 e. The van der Waals surface area contributed by atoms with E-state index in [2.05, 4.69) is 41.8 Å². The first-order chi connectivity index (χ1) is 15.9. The molecule has 1 N–H and O–H groups in total. The van der Waals surface area contributed by atoms with E-state index in [1.165, 1.54) is 0 Å². The van der Waals surface area contributed by atoms with Gasteiger partial charge in [0, 0.05) is 41.0 Å². The Morgan fingerprint density at radius 3 is 2.64 bits per heavy atom. The number of hydrogen-bond acceptors (Lipinski definition) is 6. The Bertz CT molecular complexity index is 1260. The van der Waals surface area contributed by atoms with Crippen LogP contribution in [0.25, 0.3) is 5.69 Å². The molecule has 3 aromatic rings. The Labute approximate surface area is 205 Å². The van der Waals surface area contributed by atoms with Crippen molar-refractivity contribution in [1.82, 2.24) is 14.5 Å². The van der Waals surface area contributed by atoms with Gasteiger partial charge in [-0.3, -0.25) is 9.69 Å². The van der Waals surface area contributed by atoms with E-state index in [1.807, 2.05) is 26.0 Å². The van der Waals surface area contributed by atoms with Crippen LogP contribution in [0.1, 0.15) is 57.3 Å². The number of aryl methyl sites for hydroxylation is 1. The van der Waals surface area contributed by atoms with Gasteiger partial charge in [0.05, 0.1) is 45.0 Å². The fourth-order valence-corrected chi connectivity index (χ4v) is 6.89. The highest BCUT2D eigenvalue weighted by Gasteiger charge is 2.46. The summed E-state index contributed by atoms with van der Waals surface area (Å²) in [6.07, 6.45) is 3.04. The number of aliphatic hydroxyl groups is 1. The maximum atomic E-state index is 13.6. The Balaban J connectivity index is 1.55. The zero-order valence-electron chi connectivity index (χ0n) is 18.6. The van der Waals surface area contributed by atoms with E-state index in [-0.39, 0.29) is 17.9 Å². The summed E-state index contributed by atoms with van der Waals surface area (Å²) < 4.78 is 2.90. The van der Waals surface area contributed by atoms with Crippen LogP contribution in [0.2, 0.25) is 0 Å². The lowest BCUT2D eigenvalue weighted by Crippen LogP contribution is -2.36. The average molecular weight is 525 g/mol. The lowest BCUT2D eigenvalue weighted by atomic mass is 9.98. The van der Waals surface area contributed by atoms with E-state index in [0.29, 0.717) is 30.1 Å². The molecule has 0 radical (unpaired) electrons. The Morgan fingerprint density at radius 2 is 2.06 bits per heavy atom. The topological polar surface area (TPSA) is 82.2 Å². The third kappa shape index (κ3) is 3.97. The van der Waals surface area contributed by atoms with E-state index in [9.17, 15) is 15.2 Å². The van der Waals surface area contributed by atoms with Gasteiger partial charge in [0.1, 0.15) is 0 Å². The molecular weight excluding hydrogens is 500 g/mol. The average Bonchev–Trinajstić information content (AvgIpc) is 3.52. The van der Waals surface area contributed by atoms with Crippen molar-refractivity contribution in [1.29, 1.82) is 5.26 Å². The number of nitriles is 1. The smallest absolute Gasteiger partial charge is 0.179 e. The number of carbonyl (C=O) groups excluding carboxylic acids is 1. The molecule has 5 rings (SSSR count). The zero-order chi connectivity index (χ0) is 23.3. The SMILES string of the molecule is Cc1nc(Cc2c(Br)c(C(=O)CN3C4CCC3[C@@H](O)C4)c(C)n2-c2ccc(C#N)cc2)cs1. The molecule has 0 amide bonds. The molecule has 3 atom stereocenters. The molecule has 170 valence electrons. The van der Waals surface area contributed by atoms with Crippen molar-refractivity contribution in [2.24, 2.45) is 0 Å². The van der Waals surface area contributed by atoms with Gasteiger partial charge in [-0.1, -0.05) is 0 Å². The fourth-order valence-electron chi connectivity index (χ4n) is 5.45. The number of rotatable bonds is 6. The monoisotopic (exact) mass is 524 g/mol. The molecule has 2 fully saturated rings. The molecule has 2 unspecified atom stereocenters. The number of halogens is 1. The van der Waals surface area contributed by atoms with Crippen LogP contribution in [-0.4, -0.2) is 50.1 Å². The van der Waals surface area contributed by atoms with Crippen LogP contribution >= 0.6 is 27.3 Å². The van der Waals surface area contributed by atoms with E-state index < -0.39 is 0 Å². The van der Waals surface area contributed by atoms with Gasteiger partial charge in [0.25, 0.3) is 0 Å². The second-order valence-electron chi connectivity index (χ2n) is 8.95. The number of benzene rings is 1. The van der Waals surface area contributed by atoms with Gasteiger partial charge in [-0.05, 0) is 73.3 Å². The molecule has 0 saturated carbocycles. The molecule has 4 heterocycles. The molecule has 6 nitrogen and oxygen atoms in total. The van der Waals surface area contributed by atoms with Gasteiger partial charge in [0.15, 0.2) is 5.78 Å². The third-order valence-electron chi connectivity index (χ3n) is 6.96. The van der Waals surface area contributed by atoms with E-state index in [1.54, 1.807) is 23.5 Å². The Morgan fingerprint density at radius 1 is 1.30 bits per heavy atom. The first-order valence-electron chi connectivity index (χ1n) is 11.2. The van der Waals surface area contributed by atoms with Gasteiger partial charge in [0.2, 0.25) is 0 Å². The second-order valence-corrected chi connectivity index (χ2v) is 10.8. The lowest BCUT2D eigenvalue weighted by Gasteiger charge is -2.21. The Kier molecular flexibility index (Phi) is 6.00. The standard InChI is InChI=1S/C25H25BrN4O2S/c1-14-24(23(32)12-29-19-7-8-20(29)22(31)10-19)25(26)21(9-17-13-33-15(2)28-17)30(14)18-5-3-16(11-27)4-6-18/h3-6,13,19-20,22,31H,7-10,12H2,1-2H3/t19?,20?,22-/m0/s1. The number of fused-ring (bicyclic) bond motifs is 2. The number of nitrogens with zero attached hydrogens (tertiary/aromatic N) is 4. The number of thiazole rings is 1. The van der Waals surface area contributed by atoms with E-state index in [0.717, 1.165) is 51.5 Å². The molecule has 0 aliphatic carbocycles. The third-order valence-corrected chi connectivity index (χ3v) is 8.64. The predicted octanol–water partition coefficient (Wildman–Crippen LogP) is 4.56. The second kappa shape index (κ2) is 8.80. The van der Waals surface area contributed by atoms with Crippen molar-refractivity contribution in [3.63, 3.8) is 0 Å². The minimum atomic E-state index is -0.326. The minimum absolute atomic E-state index is 0.0634. The van der Waals surface area contributed by atoms with Crippen LogP contribution in [0.3, 0.4) is 0 Å². The van der Waals surface area contributed by atoms with Gasteiger partial charge in [-0.2, -0.15) is 5.26 Å². The van der Waals surface area contributed by atoms with Crippen molar-refractivity contribution >= 4 is 33.0 Å². The summed E-state index contributed by atoms with van der Waals surface area (Å²) in [4.78, 5) is 20.4. The summed E-state index contributed by atoms with van der Waals surface area (Å²) in [5.41, 5.74) is 4.98. The van der Waals surface area contributed by atoms with Gasteiger partial charge >= 0.3 is 0 Å². The maximum absolute atomic E-state index is 13.6. The van der Waals surface area contributed by atoms with E-state index in [4.69, 9.17) is 0 Å². The van der Waals surface area contributed by atoms with Crippen molar-refractivity contribution in [2.75, 3.05) is 6.54 Å². The summed E-state index contributed by atoms with van der Waals surface area (Å²) in [5, 5.41) is 22.5. The molecule has 1 aromatic carbocycles. The van der Waals surface area contributed by atoms with Crippen LogP contribution in [0.15, 0.2) is 34.1 Å². The van der Waals surface area contributed by atoms with Crippen LogP contribution in [0.5, 0.6) is 0 Å². The van der Waals surface area contributed by atoms with Crippen LogP contribution in [-0.2, 0) is 6.42 Å². The molecule has 0 spiro atoms. The molecule has 2 bridgehead atoms. The Hall–Kier alpha value is -2.31. The van der Waals surface area contributed by atoms with Crippen LogP contribution in [0, 0.1) is 25.2 Å². The van der Waals surface area contributed by atoms with E-state index >= 15 is 0 Å². The normalized spacial score (nSPS) is 22.1. The summed E-state index contributed by atoms with van der Waals surface area (Å²) in [6, 6.07) is 9.98. The molecule has 2 aliphatic heterocycles. The molecular formula is C25H25BrN4O2S. The number of Topliss-reactive ketones (excluding diaryl/α,β-unsaturated/α-hetero) is 1. The van der Waals surface area contributed by atoms with Gasteiger partial charge in [-0.15, -0.1) is 11.3 Å². The summed E-state index contributed by atoms with van der Waals surface area (Å²) in [6.45, 7) is 4.28. The highest BCUT2D eigenvalue weighted by atomic mass is 79.9. The highest BCUT2D eigenvalue weighted by molar-refractivity contribution is 9.10. The number of carbonyl (C=O) groups is 1. The summed E-state index contributed by atoms with van der Waals surface area (Å²) in [5.74, 6) is 0.0634. The first kappa shape index (κ1) is 22.5. The van der Waals surface area contributed by atoms with Crippen molar-refractivity contribution < 1.29 is 9.90 Å². The number of aliphatic hydroxyl groups excluding tert-OH is 1. The van der Waals surface area contributed by atoms with Crippen molar-refractivity contribution in [2.45, 2.75) is 57.7 Å². The lowest BCUT2D eigenvalue weighted by molar-refractivity contribution is 0.0872. The van der Waals surface area contributed by atoms with Gasteiger partial charge < -0.3 is 9.67 Å². The predicted molar refractivity (Wildman–Crippen MR) is 131 cm³/mol. The van der Waals surface area contributed by atoms with Crippen molar-refractivity contribution in [3.8, 4) is 11.8 Å². The van der Waals surface area contributed by atoms with Gasteiger partial charge in [-0.25, -0.2) is 4.98 Å². The molecule has 2 aliphatic rings. The highest BCUT2D eigenvalue weighted by Crippen LogP contribution is 2.39. The first-order valence-corrected chi connectivity index (χ1v) is 12.8. The number of ketones is 1. The summed E-state index contributed by atoms with van der Waals surface area (Å²) in [7, 11) is 0. The van der Waals surface area contributed by atoms with Crippen LogP contribution < -0.4 is 0 Å². The van der Waals surface area contributed by atoms with Crippen LogP contribution in [0.4, 0.5) is 0 Å². The molecule has 2 aromatic heterocycles. The molecule has 8 heteroatoms. The summed E-state index contributed by atoms with van der Waals surface area (Å²) >= 11 is 5.38. The molecule has 2 saturated heterocycles. The number of aromatic nitrogens is 2. The fraction of sp³-hybridized carbons (Fsp3) is 0.400.